The highest BCUT2D eigenvalue weighted by atomic mass is 16.5. The molecule has 1 N–H and O–H groups in total. The van der Waals surface area contributed by atoms with E-state index in [-0.39, 0.29) is 0 Å². The van der Waals surface area contributed by atoms with Gasteiger partial charge in [-0.2, -0.15) is 0 Å². The number of rotatable bonds is 6. The van der Waals surface area contributed by atoms with Crippen molar-refractivity contribution in [1.82, 2.24) is 10.2 Å². The summed E-state index contributed by atoms with van der Waals surface area (Å²) >= 11 is 0. The van der Waals surface area contributed by atoms with E-state index < -0.39 is 0 Å². The molecule has 116 valence electrons. The number of hydrogen-bond donors (Lipinski definition) is 1. The van der Waals surface area contributed by atoms with Crippen molar-refractivity contribution >= 4 is 0 Å². The largest absolute Gasteiger partial charge is 0.492 e. The monoisotopic (exact) mass is 288 g/mol. The molecule has 0 saturated heterocycles. The Morgan fingerprint density at radius 2 is 2.10 bits per heavy atom. The van der Waals surface area contributed by atoms with Crippen LogP contribution < -0.4 is 10.1 Å². The molecule has 0 radical (unpaired) electrons. The molecule has 1 fully saturated rings. The van der Waals surface area contributed by atoms with E-state index in [9.17, 15) is 0 Å². The summed E-state index contributed by atoms with van der Waals surface area (Å²) in [7, 11) is 2.27. The molecule has 1 aromatic carbocycles. The van der Waals surface area contributed by atoms with E-state index in [0.29, 0.717) is 18.1 Å². The molecule has 0 aromatic heterocycles. The molecule has 3 rings (SSSR count). The zero-order chi connectivity index (χ0) is 14.8. The predicted molar refractivity (Wildman–Crippen MR) is 86.7 cm³/mol. The van der Waals surface area contributed by atoms with E-state index >= 15 is 0 Å². The van der Waals surface area contributed by atoms with Gasteiger partial charge in [-0.3, -0.25) is 4.90 Å². The Bertz CT molecular complexity index is 472. The van der Waals surface area contributed by atoms with Crippen LogP contribution in [0.3, 0.4) is 0 Å². The van der Waals surface area contributed by atoms with Gasteiger partial charge in [0.25, 0.3) is 0 Å². The number of nitrogens with one attached hydrogen (secondary N) is 1. The van der Waals surface area contributed by atoms with Crippen molar-refractivity contribution in [3.05, 3.63) is 29.8 Å². The number of likely N-dealkylation sites (N-methyl/N-ethyl adjacent to an activating group) is 1. The lowest BCUT2D eigenvalue weighted by molar-refractivity contribution is 0.0720. The van der Waals surface area contributed by atoms with Gasteiger partial charge < -0.3 is 10.1 Å². The molecular formula is C18H28N2O. The molecule has 1 saturated carbocycles. The number of hydrogen-bond acceptors (Lipinski definition) is 3. The van der Waals surface area contributed by atoms with Gasteiger partial charge in [-0.1, -0.05) is 25.1 Å². The van der Waals surface area contributed by atoms with Crippen LogP contribution in [0.1, 0.15) is 44.7 Å². The van der Waals surface area contributed by atoms with Gasteiger partial charge in [-0.15, -0.1) is 0 Å². The van der Waals surface area contributed by atoms with Crippen LogP contribution in [0.2, 0.25) is 0 Å². The van der Waals surface area contributed by atoms with Crippen LogP contribution in [0.4, 0.5) is 0 Å². The zero-order valence-electron chi connectivity index (χ0n) is 13.5. The Hall–Kier alpha value is -1.06. The molecule has 1 aliphatic heterocycles. The van der Waals surface area contributed by atoms with Crippen molar-refractivity contribution in [2.24, 2.45) is 5.92 Å². The van der Waals surface area contributed by atoms with Gasteiger partial charge in [-0.05, 0) is 51.8 Å². The third-order valence-electron chi connectivity index (χ3n) is 5.13. The molecule has 1 aromatic rings. The summed E-state index contributed by atoms with van der Waals surface area (Å²) in [5.74, 6) is 1.94. The topological polar surface area (TPSA) is 24.5 Å². The molecule has 2 aliphatic rings. The van der Waals surface area contributed by atoms with Crippen molar-refractivity contribution < 1.29 is 4.74 Å². The first-order valence-corrected chi connectivity index (χ1v) is 8.39. The lowest BCUT2D eigenvalue weighted by atomic mass is 9.94. The van der Waals surface area contributed by atoms with Crippen LogP contribution in [-0.4, -0.2) is 37.2 Å². The predicted octanol–water partition coefficient (Wildman–Crippen LogP) is 3.22. The summed E-state index contributed by atoms with van der Waals surface area (Å²) < 4.78 is 6.04. The minimum absolute atomic E-state index is 0.376. The number of para-hydroxylation sites is 1. The molecule has 3 unspecified atom stereocenters. The molecule has 3 atom stereocenters. The Labute approximate surface area is 128 Å². The van der Waals surface area contributed by atoms with Crippen LogP contribution in [0, 0.1) is 5.92 Å². The minimum Gasteiger partial charge on any atom is -0.492 e. The fourth-order valence-electron chi connectivity index (χ4n) is 3.46. The van der Waals surface area contributed by atoms with Crippen LogP contribution in [-0.2, 0) is 0 Å². The zero-order valence-corrected chi connectivity index (χ0v) is 13.5. The second kappa shape index (κ2) is 6.37. The van der Waals surface area contributed by atoms with Gasteiger partial charge in [0, 0.05) is 11.6 Å². The third kappa shape index (κ3) is 3.09. The highest BCUT2D eigenvalue weighted by molar-refractivity contribution is 5.38. The number of ether oxygens (including phenoxy) is 1. The summed E-state index contributed by atoms with van der Waals surface area (Å²) in [6.45, 7) is 6.44. The summed E-state index contributed by atoms with van der Waals surface area (Å²) in [4.78, 5) is 2.54. The summed E-state index contributed by atoms with van der Waals surface area (Å²) in [5.41, 5.74) is 1.32. The first-order valence-electron chi connectivity index (χ1n) is 8.39. The molecule has 0 bridgehead atoms. The average Bonchev–Trinajstić information content (AvgIpc) is 3.36. The summed E-state index contributed by atoms with van der Waals surface area (Å²) in [6, 6.07) is 9.93. The fraction of sp³-hybridized carbons (Fsp3) is 0.667. The molecule has 0 spiro atoms. The standard InChI is InChI=1S/C18H28N2O/c1-4-11-19-18-15-7-5-6-8-17(15)21-12-16(18)20(3)13(2)14-9-10-14/h5-8,13-14,16,18-19H,4,9-12H2,1-3H3. The number of benzene rings is 1. The van der Waals surface area contributed by atoms with Crippen molar-refractivity contribution in [3.8, 4) is 5.75 Å². The van der Waals surface area contributed by atoms with Gasteiger partial charge in [-0.25, -0.2) is 0 Å². The molecule has 1 aliphatic carbocycles. The van der Waals surface area contributed by atoms with Crippen molar-refractivity contribution in [2.75, 3.05) is 20.2 Å². The SMILES string of the molecule is CCCNC1c2ccccc2OCC1N(C)C(C)C1CC1. The van der Waals surface area contributed by atoms with E-state index in [1.54, 1.807) is 0 Å². The van der Waals surface area contributed by atoms with E-state index in [0.717, 1.165) is 31.2 Å². The molecule has 1 heterocycles. The average molecular weight is 288 g/mol. The first-order chi connectivity index (χ1) is 10.2. The second-order valence-corrected chi connectivity index (χ2v) is 6.59. The molecule has 0 amide bonds. The highest BCUT2D eigenvalue weighted by Crippen LogP contribution is 2.39. The van der Waals surface area contributed by atoms with Crippen LogP contribution in [0.5, 0.6) is 5.75 Å². The Morgan fingerprint density at radius 1 is 1.33 bits per heavy atom. The van der Waals surface area contributed by atoms with E-state index in [1.165, 1.54) is 18.4 Å². The van der Waals surface area contributed by atoms with Crippen LogP contribution in [0.25, 0.3) is 0 Å². The maximum Gasteiger partial charge on any atom is 0.124 e. The van der Waals surface area contributed by atoms with Gasteiger partial charge >= 0.3 is 0 Å². The summed E-state index contributed by atoms with van der Waals surface area (Å²) in [5, 5.41) is 3.75. The molecular weight excluding hydrogens is 260 g/mol. The Balaban J connectivity index is 1.81. The third-order valence-corrected chi connectivity index (χ3v) is 5.13. The normalized spacial score (nSPS) is 26.3. The smallest absolute Gasteiger partial charge is 0.124 e. The molecule has 3 heteroatoms. The Kier molecular flexibility index (Phi) is 4.51. The van der Waals surface area contributed by atoms with Gasteiger partial charge in [0.2, 0.25) is 0 Å². The van der Waals surface area contributed by atoms with E-state index in [1.807, 2.05) is 0 Å². The van der Waals surface area contributed by atoms with Crippen LogP contribution >= 0.6 is 0 Å². The first kappa shape index (κ1) is 14.9. The van der Waals surface area contributed by atoms with Crippen molar-refractivity contribution in [1.29, 1.82) is 0 Å². The van der Waals surface area contributed by atoms with Crippen molar-refractivity contribution in [3.63, 3.8) is 0 Å². The fourth-order valence-corrected chi connectivity index (χ4v) is 3.46. The lowest BCUT2D eigenvalue weighted by Crippen LogP contribution is -2.52. The lowest BCUT2D eigenvalue weighted by Gasteiger charge is -2.42. The number of nitrogens with zero attached hydrogens (tertiary/aromatic N) is 1. The van der Waals surface area contributed by atoms with Crippen molar-refractivity contribution in [2.45, 2.75) is 51.2 Å². The minimum atomic E-state index is 0.376. The maximum atomic E-state index is 6.04. The number of fused-ring (bicyclic) bond motifs is 1. The van der Waals surface area contributed by atoms with Gasteiger partial charge in [0.05, 0.1) is 12.1 Å². The molecule has 3 nitrogen and oxygen atoms in total. The van der Waals surface area contributed by atoms with Gasteiger partial charge in [0.1, 0.15) is 12.4 Å². The van der Waals surface area contributed by atoms with E-state index in [4.69, 9.17) is 4.74 Å². The van der Waals surface area contributed by atoms with E-state index in [2.05, 4.69) is 55.4 Å². The quantitative estimate of drug-likeness (QED) is 0.870. The molecule has 21 heavy (non-hydrogen) atoms. The second-order valence-electron chi connectivity index (χ2n) is 6.59. The van der Waals surface area contributed by atoms with Gasteiger partial charge in [0.15, 0.2) is 0 Å². The maximum absolute atomic E-state index is 6.04. The summed E-state index contributed by atoms with van der Waals surface area (Å²) in [6.07, 6.45) is 3.94. The highest BCUT2D eigenvalue weighted by Gasteiger charge is 2.39. The van der Waals surface area contributed by atoms with Crippen LogP contribution in [0.15, 0.2) is 24.3 Å². The Morgan fingerprint density at radius 3 is 2.81 bits per heavy atom.